The Hall–Kier alpha value is -1.85. The van der Waals surface area contributed by atoms with Gasteiger partial charge in [-0.05, 0) is 30.8 Å². The van der Waals surface area contributed by atoms with Crippen LogP contribution >= 0.6 is 0 Å². The van der Waals surface area contributed by atoms with Crippen LogP contribution in [0.25, 0.3) is 10.9 Å². The molecule has 2 aromatic rings. The van der Waals surface area contributed by atoms with E-state index in [1.54, 1.807) is 12.1 Å². The minimum absolute atomic E-state index is 0.346. The van der Waals surface area contributed by atoms with E-state index in [0.29, 0.717) is 12.1 Å². The summed E-state index contributed by atoms with van der Waals surface area (Å²) in [6.45, 7) is 3.26. The van der Waals surface area contributed by atoms with Crippen molar-refractivity contribution in [1.29, 1.82) is 0 Å². The summed E-state index contributed by atoms with van der Waals surface area (Å²) in [5, 5.41) is 10.2. The van der Waals surface area contributed by atoms with Crippen molar-refractivity contribution in [3.63, 3.8) is 0 Å². The lowest BCUT2D eigenvalue weighted by Gasteiger charge is -2.24. The Kier molecular flexibility index (Phi) is 3.23. The molecule has 20 heavy (non-hydrogen) atoms. The summed E-state index contributed by atoms with van der Waals surface area (Å²) in [5.41, 5.74) is 9.73. The fraction of sp³-hybridized carbons (Fsp3) is 0.400. The SMILES string of the molecule is CN1CCc2c(c3cc(C(=O)O)ccc3n2CCN)C1. The van der Waals surface area contributed by atoms with Crippen molar-refractivity contribution in [2.75, 3.05) is 20.1 Å². The number of benzene rings is 1. The summed E-state index contributed by atoms with van der Waals surface area (Å²) >= 11 is 0. The minimum Gasteiger partial charge on any atom is -0.478 e. The van der Waals surface area contributed by atoms with Gasteiger partial charge in [-0.2, -0.15) is 0 Å². The Labute approximate surface area is 117 Å². The van der Waals surface area contributed by atoms with Gasteiger partial charge in [0, 0.05) is 49.2 Å². The predicted molar refractivity (Wildman–Crippen MR) is 78.0 cm³/mol. The van der Waals surface area contributed by atoms with Gasteiger partial charge < -0.3 is 20.3 Å². The number of aromatic nitrogens is 1. The Bertz CT molecular complexity index is 675. The first-order valence-corrected chi connectivity index (χ1v) is 6.87. The van der Waals surface area contributed by atoms with E-state index in [2.05, 4.69) is 16.5 Å². The van der Waals surface area contributed by atoms with Gasteiger partial charge >= 0.3 is 5.97 Å². The molecule has 0 radical (unpaired) electrons. The molecule has 2 heterocycles. The third kappa shape index (κ3) is 1.99. The van der Waals surface area contributed by atoms with Crippen molar-refractivity contribution in [2.24, 2.45) is 5.73 Å². The lowest BCUT2D eigenvalue weighted by atomic mass is 10.0. The fourth-order valence-corrected chi connectivity index (χ4v) is 3.10. The van der Waals surface area contributed by atoms with Crippen LogP contribution in [0.3, 0.4) is 0 Å². The highest BCUT2D eigenvalue weighted by Crippen LogP contribution is 2.31. The van der Waals surface area contributed by atoms with Gasteiger partial charge in [0.15, 0.2) is 0 Å². The molecule has 1 aromatic carbocycles. The molecule has 0 atom stereocenters. The number of hydrogen-bond donors (Lipinski definition) is 2. The lowest BCUT2D eigenvalue weighted by Crippen LogP contribution is -2.27. The van der Waals surface area contributed by atoms with Crippen molar-refractivity contribution >= 4 is 16.9 Å². The van der Waals surface area contributed by atoms with Gasteiger partial charge in [0.25, 0.3) is 0 Å². The van der Waals surface area contributed by atoms with Crippen LogP contribution in [-0.2, 0) is 19.5 Å². The van der Waals surface area contributed by atoms with Crippen LogP contribution in [0.15, 0.2) is 18.2 Å². The Morgan fingerprint density at radius 2 is 2.25 bits per heavy atom. The smallest absolute Gasteiger partial charge is 0.335 e. The summed E-state index contributed by atoms with van der Waals surface area (Å²) in [4.78, 5) is 13.4. The van der Waals surface area contributed by atoms with Crippen LogP contribution in [0.4, 0.5) is 0 Å². The second-order valence-electron chi connectivity index (χ2n) is 5.39. The van der Waals surface area contributed by atoms with Crippen molar-refractivity contribution < 1.29 is 9.90 Å². The quantitative estimate of drug-likeness (QED) is 0.884. The number of carboxylic acid groups (broad SMARTS) is 1. The van der Waals surface area contributed by atoms with Gasteiger partial charge in [-0.15, -0.1) is 0 Å². The van der Waals surface area contributed by atoms with Gasteiger partial charge in [-0.25, -0.2) is 4.79 Å². The lowest BCUT2D eigenvalue weighted by molar-refractivity contribution is 0.0697. The maximum atomic E-state index is 11.2. The van der Waals surface area contributed by atoms with E-state index in [-0.39, 0.29) is 0 Å². The van der Waals surface area contributed by atoms with Crippen LogP contribution in [0, 0.1) is 0 Å². The minimum atomic E-state index is -0.878. The van der Waals surface area contributed by atoms with Crippen LogP contribution in [0.5, 0.6) is 0 Å². The van der Waals surface area contributed by atoms with E-state index in [1.807, 2.05) is 6.07 Å². The molecule has 1 aliphatic heterocycles. The van der Waals surface area contributed by atoms with Crippen LogP contribution in [-0.4, -0.2) is 40.7 Å². The number of aromatic carboxylic acids is 1. The maximum Gasteiger partial charge on any atom is 0.335 e. The first-order chi connectivity index (χ1) is 9.61. The molecular formula is C15H19N3O2. The van der Waals surface area contributed by atoms with Crippen molar-refractivity contribution in [3.8, 4) is 0 Å². The zero-order chi connectivity index (χ0) is 14.3. The van der Waals surface area contributed by atoms with Crippen molar-refractivity contribution in [3.05, 3.63) is 35.0 Å². The second-order valence-corrected chi connectivity index (χ2v) is 5.39. The molecule has 3 rings (SSSR count). The van der Waals surface area contributed by atoms with Gasteiger partial charge in [0.1, 0.15) is 0 Å². The third-order valence-electron chi connectivity index (χ3n) is 4.04. The highest BCUT2D eigenvalue weighted by atomic mass is 16.4. The summed E-state index contributed by atoms with van der Waals surface area (Å²) in [6.07, 6.45) is 0.989. The molecule has 0 saturated heterocycles. The molecule has 0 spiro atoms. The Morgan fingerprint density at radius 3 is 2.95 bits per heavy atom. The van der Waals surface area contributed by atoms with E-state index in [9.17, 15) is 9.90 Å². The molecule has 0 bridgehead atoms. The van der Waals surface area contributed by atoms with E-state index >= 15 is 0 Å². The Morgan fingerprint density at radius 1 is 1.45 bits per heavy atom. The molecule has 106 valence electrons. The number of carboxylic acids is 1. The predicted octanol–water partition coefficient (Wildman–Crippen LogP) is 1.29. The average molecular weight is 273 g/mol. The van der Waals surface area contributed by atoms with Gasteiger partial charge in [-0.1, -0.05) is 0 Å². The second kappa shape index (κ2) is 4.92. The summed E-state index contributed by atoms with van der Waals surface area (Å²) < 4.78 is 2.25. The molecule has 0 fully saturated rings. The van der Waals surface area contributed by atoms with Crippen LogP contribution in [0.2, 0.25) is 0 Å². The highest BCUT2D eigenvalue weighted by Gasteiger charge is 2.22. The first-order valence-electron chi connectivity index (χ1n) is 6.87. The normalized spacial score (nSPS) is 15.5. The number of hydrogen-bond acceptors (Lipinski definition) is 3. The van der Waals surface area contributed by atoms with Crippen LogP contribution in [0.1, 0.15) is 21.6 Å². The topological polar surface area (TPSA) is 71.5 Å². The number of rotatable bonds is 3. The number of nitrogens with zero attached hydrogens (tertiary/aromatic N) is 2. The molecule has 1 aliphatic rings. The molecule has 1 aromatic heterocycles. The molecule has 0 amide bonds. The molecule has 3 N–H and O–H groups in total. The summed E-state index contributed by atoms with van der Waals surface area (Å²) in [7, 11) is 2.09. The molecule has 5 heteroatoms. The molecule has 0 saturated carbocycles. The molecule has 0 unspecified atom stereocenters. The average Bonchev–Trinajstić information content (AvgIpc) is 2.73. The standard InChI is InChI=1S/C15H19N3O2/c1-17-6-4-14-12(9-17)11-8-10(15(19)20)2-3-13(11)18(14)7-5-16/h2-3,8H,4-7,9,16H2,1H3,(H,19,20). The third-order valence-corrected chi connectivity index (χ3v) is 4.04. The maximum absolute atomic E-state index is 11.2. The number of fused-ring (bicyclic) bond motifs is 3. The monoisotopic (exact) mass is 273 g/mol. The number of nitrogens with two attached hydrogens (primary N) is 1. The van der Waals surface area contributed by atoms with Crippen molar-refractivity contribution in [1.82, 2.24) is 9.47 Å². The van der Waals surface area contributed by atoms with Crippen molar-refractivity contribution in [2.45, 2.75) is 19.5 Å². The van der Waals surface area contributed by atoms with E-state index in [4.69, 9.17) is 5.73 Å². The van der Waals surface area contributed by atoms with Gasteiger partial charge in [-0.3, -0.25) is 0 Å². The van der Waals surface area contributed by atoms with E-state index in [1.165, 1.54) is 11.3 Å². The Balaban J connectivity index is 2.25. The largest absolute Gasteiger partial charge is 0.478 e. The molecule has 5 nitrogen and oxygen atoms in total. The first kappa shape index (κ1) is 13.1. The number of likely N-dealkylation sites (N-methyl/N-ethyl adjacent to an activating group) is 1. The fourth-order valence-electron chi connectivity index (χ4n) is 3.10. The summed E-state index contributed by atoms with van der Waals surface area (Å²) in [6, 6.07) is 5.38. The summed E-state index contributed by atoms with van der Waals surface area (Å²) in [5.74, 6) is -0.878. The van der Waals surface area contributed by atoms with E-state index < -0.39 is 5.97 Å². The highest BCUT2D eigenvalue weighted by molar-refractivity contribution is 5.95. The molecule has 0 aliphatic carbocycles. The zero-order valence-corrected chi connectivity index (χ0v) is 11.6. The van der Waals surface area contributed by atoms with Crippen LogP contribution < -0.4 is 5.73 Å². The van der Waals surface area contributed by atoms with E-state index in [0.717, 1.165) is 37.0 Å². The zero-order valence-electron chi connectivity index (χ0n) is 11.6. The molecular weight excluding hydrogens is 254 g/mol. The van der Waals surface area contributed by atoms with Gasteiger partial charge in [0.2, 0.25) is 0 Å². The van der Waals surface area contributed by atoms with Gasteiger partial charge in [0.05, 0.1) is 5.56 Å². The number of carbonyl (C=O) groups is 1.